The maximum Gasteiger partial charge on any atom is 0.164 e. The van der Waals surface area contributed by atoms with Crippen LogP contribution in [0.25, 0.3) is 0 Å². The molecule has 0 aromatic carbocycles. The molecule has 0 radical (unpaired) electrons. The molecular formula is C27H52O5. The summed E-state index contributed by atoms with van der Waals surface area (Å²) in [7, 11) is 0. The third-order valence-corrected chi connectivity index (χ3v) is 6.36. The Kier molecular flexibility index (Phi) is 21.5. The average molecular weight is 457 g/mol. The Morgan fingerprint density at radius 1 is 0.469 bits per heavy atom. The lowest BCUT2D eigenvalue weighted by Gasteiger charge is -2.21. The maximum absolute atomic E-state index is 12.1. The fourth-order valence-electron chi connectivity index (χ4n) is 4.07. The van der Waals surface area contributed by atoms with E-state index in [0.717, 1.165) is 38.5 Å². The van der Waals surface area contributed by atoms with Crippen molar-refractivity contribution < 1.29 is 24.9 Å². The minimum absolute atomic E-state index is 0.168. The molecule has 0 aliphatic rings. The first-order valence-corrected chi connectivity index (χ1v) is 13.5. The van der Waals surface area contributed by atoms with Crippen molar-refractivity contribution in [2.24, 2.45) is 0 Å². The van der Waals surface area contributed by atoms with Gasteiger partial charge in [0, 0.05) is 12.8 Å². The topological polar surface area (TPSA) is 94.8 Å². The van der Waals surface area contributed by atoms with Gasteiger partial charge in [-0.3, -0.25) is 9.59 Å². The third-order valence-electron chi connectivity index (χ3n) is 6.36. The highest BCUT2D eigenvalue weighted by atomic mass is 16.4. The van der Waals surface area contributed by atoms with E-state index in [-0.39, 0.29) is 12.8 Å². The summed E-state index contributed by atoms with van der Waals surface area (Å²) in [6, 6.07) is 0. The van der Waals surface area contributed by atoms with Gasteiger partial charge in [0.05, 0.1) is 0 Å². The van der Waals surface area contributed by atoms with Crippen molar-refractivity contribution in [3.05, 3.63) is 0 Å². The van der Waals surface area contributed by atoms with Gasteiger partial charge in [0.25, 0.3) is 0 Å². The van der Waals surface area contributed by atoms with Crippen LogP contribution in [0.3, 0.4) is 0 Å². The van der Waals surface area contributed by atoms with Crippen molar-refractivity contribution in [1.82, 2.24) is 0 Å². The standard InChI is InChI=1S/C27H52O5/c1-3-5-7-9-10-11-12-13-14-15-16-18-20-22-24(29)26(31)27(32)25(30)23(28)21-19-17-8-6-4-2/h25-27,30-32H,3-22H2,1-2H3. The fourth-order valence-corrected chi connectivity index (χ4v) is 4.07. The first-order chi connectivity index (χ1) is 15.5. The molecule has 0 aromatic heterocycles. The number of carbonyl (C=O) groups is 2. The van der Waals surface area contributed by atoms with Gasteiger partial charge in [-0.05, 0) is 12.8 Å². The Morgan fingerprint density at radius 2 is 0.719 bits per heavy atom. The summed E-state index contributed by atoms with van der Waals surface area (Å²) < 4.78 is 0. The molecule has 0 saturated carbocycles. The minimum Gasteiger partial charge on any atom is -0.387 e. The number of aliphatic hydroxyl groups excluding tert-OH is 3. The Labute approximate surface area is 197 Å². The van der Waals surface area contributed by atoms with E-state index in [4.69, 9.17) is 0 Å². The molecule has 5 heteroatoms. The molecule has 190 valence electrons. The number of ketones is 2. The highest BCUT2D eigenvalue weighted by molar-refractivity contribution is 5.87. The average Bonchev–Trinajstić information content (AvgIpc) is 2.80. The molecule has 0 heterocycles. The van der Waals surface area contributed by atoms with Crippen molar-refractivity contribution in [2.75, 3.05) is 0 Å². The minimum atomic E-state index is -1.73. The first-order valence-electron chi connectivity index (χ1n) is 13.5. The van der Waals surface area contributed by atoms with E-state index in [1.807, 2.05) is 0 Å². The van der Waals surface area contributed by atoms with Crippen LogP contribution in [0.4, 0.5) is 0 Å². The largest absolute Gasteiger partial charge is 0.387 e. The van der Waals surface area contributed by atoms with E-state index in [0.29, 0.717) is 12.8 Å². The summed E-state index contributed by atoms with van der Waals surface area (Å²) in [5.74, 6) is -0.989. The van der Waals surface area contributed by atoms with E-state index >= 15 is 0 Å². The summed E-state index contributed by atoms with van der Waals surface area (Å²) in [6.07, 6.45) is 15.8. The first kappa shape index (κ1) is 31.2. The maximum atomic E-state index is 12.1. The normalized spacial score (nSPS) is 14.3. The van der Waals surface area contributed by atoms with E-state index in [9.17, 15) is 24.9 Å². The van der Waals surface area contributed by atoms with Gasteiger partial charge >= 0.3 is 0 Å². The van der Waals surface area contributed by atoms with Gasteiger partial charge in [0.1, 0.15) is 18.3 Å². The zero-order chi connectivity index (χ0) is 24.0. The number of hydrogen-bond acceptors (Lipinski definition) is 5. The van der Waals surface area contributed by atoms with Crippen molar-refractivity contribution in [3.63, 3.8) is 0 Å². The molecule has 0 fully saturated rings. The summed E-state index contributed by atoms with van der Waals surface area (Å²) >= 11 is 0. The molecule has 0 rings (SSSR count). The molecule has 0 aliphatic carbocycles. The molecule has 0 aromatic rings. The van der Waals surface area contributed by atoms with Gasteiger partial charge in [-0.1, -0.05) is 117 Å². The zero-order valence-electron chi connectivity index (χ0n) is 21.0. The van der Waals surface area contributed by atoms with Crippen LogP contribution in [0.15, 0.2) is 0 Å². The molecule has 32 heavy (non-hydrogen) atoms. The van der Waals surface area contributed by atoms with Crippen LogP contribution in [0.1, 0.15) is 142 Å². The molecule has 0 spiro atoms. The van der Waals surface area contributed by atoms with Gasteiger partial charge in [-0.25, -0.2) is 0 Å². The molecule has 3 N–H and O–H groups in total. The van der Waals surface area contributed by atoms with Gasteiger partial charge < -0.3 is 15.3 Å². The molecular weight excluding hydrogens is 404 g/mol. The summed E-state index contributed by atoms with van der Waals surface area (Å²) in [4.78, 5) is 24.1. The lowest BCUT2D eigenvalue weighted by molar-refractivity contribution is -0.146. The van der Waals surface area contributed by atoms with Crippen molar-refractivity contribution in [3.8, 4) is 0 Å². The van der Waals surface area contributed by atoms with Crippen LogP contribution in [-0.4, -0.2) is 45.2 Å². The molecule has 3 atom stereocenters. The number of hydrogen-bond donors (Lipinski definition) is 3. The molecule has 0 amide bonds. The molecule has 5 nitrogen and oxygen atoms in total. The van der Waals surface area contributed by atoms with Crippen molar-refractivity contribution in [1.29, 1.82) is 0 Å². The lowest BCUT2D eigenvalue weighted by Crippen LogP contribution is -2.45. The van der Waals surface area contributed by atoms with Crippen LogP contribution >= 0.6 is 0 Å². The van der Waals surface area contributed by atoms with E-state index in [2.05, 4.69) is 13.8 Å². The molecule has 0 aliphatic heterocycles. The summed E-state index contributed by atoms with van der Waals surface area (Å²) in [6.45, 7) is 4.35. The van der Waals surface area contributed by atoms with Gasteiger partial charge in [-0.2, -0.15) is 0 Å². The smallest absolute Gasteiger partial charge is 0.164 e. The number of Topliss-reactive ketones (excluding diaryl/α,β-unsaturated/α-hetero) is 2. The Morgan fingerprint density at radius 3 is 1.00 bits per heavy atom. The van der Waals surface area contributed by atoms with Crippen LogP contribution < -0.4 is 0 Å². The highest BCUT2D eigenvalue weighted by Crippen LogP contribution is 2.15. The molecule has 0 bridgehead atoms. The quantitative estimate of drug-likeness (QED) is 0.154. The Balaban J connectivity index is 3.75. The third kappa shape index (κ3) is 16.8. The second-order valence-electron chi connectivity index (χ2n) is 9.47. The van der Waals surface area contributed by atoms with E-state index < -0.39 is 29.9 Å². The van der Waals surface area contributed by atoms with Gasteiger partial charge in [0.2, 0.25) is 0 Å². The van der Waals surface area contributed by atoms with Crippen LogP contribution in [0.2, 0.25) is 0 Å². The Hall–Kier alpha value is -0.780. The van der Waals surface area contributed by atoms with Gasteiger partial charge in [-0.15, -0.1) is 0 Å². The highest BCUT2D eigenvalue weighted by Gasteiger charge is 2.33. The van der Waals surface area contributed by atoms with Gasteiger partial charge in [0.15, 0.2) is 11.6 Å². The second-order valence-corrected chi connectivity index (χ2v) is 9.47. The summed E-state index contributed by atoms with van der Waals surface area (Å²) in [5, 5.41) is 30.0. The SMILES string of the molecule is CCCCCCCCCCCCCCCC(=O)C(O)C(O)C(O)C(=O)CCCCCCC. The van der Waals surface area contributed by atoms with Crippen LogP contribution in [0.5, 0.6) is 0 Å². The lowest BCUT2D eigenvalue weighted by atomic mass is 9.95. The monoisotopic (exact) mass is 456 g/mol. The van der Waals surface area contributed by atoms with Crippen molar-refractivity contribution in [2.45, 2.75) is 161 Å². The number of aliphatic hydroxyl groups is 3. The molecule has 0 saturated heterocycles. The molecule has 3 unspecified atom stereocenters. The summed E-state index contributed by atoms with van der Waals surface area (Å²) in [5.41, 5.74) is 0. The second kappa shape index (κ2) is 22.0. The zero-order valence-corrected chi connectivity index (χ0v) is 21.0. The van der Waals surface area contributed by atoms with Crippen LogP contribution in [-0.2, 0) is 9.59 Å². The number of carbonyl (C=O) groups excluding carboxylic acids is 2. The predicted octanol–water partition coefficient (Wildman–Crippen LogP) is 6.05. The van der Waals surface area contributed by atoms with Crippen molar-refractivity contribution >= 4 is 11.6 Å². The van der Waals surface area contributed by atoms with E-state index in [1.165, 1.54) is 64.2 Å². The fraction of sp³-hybridized carbons (Fsp3) is 0.926. The number of rotatable bonds is 24. The number of unbranched alkanes of at least 4 members (excludes halogenated alkanes) is 16. The predicted molar refractivity (Wildman–Crippen MR) is 132 cm³/mol. The van der Waals surface area contributed by atoms with Crippen LogP contribution in [0, 0.1) is 0 Å². The Bertz CT molecular complexity index is 451. The van der Waals surface area contributed by atoms with E-state index in [1.54, 1.807) is 0 Å².